The molecule has 0 heterocycles. The minimum absolute atomic E-state index is 0.00223. The van der Waals surface area contributed by atoms with E-state index in [-0.39, 0.29) is 11.7 Å². The van der Waals surface area contributed by atoms with Crippen LogP contribution in [0.15, 0.2) is 0 Å². The molecule has 1 aliphatic rings. The molecule has 1 aliphatic carbocycles. The second kappa shape index (κ2) is 6.60. The number of amides is 1. The molecule has 1 saturated carbocycles. The summed E-state index contributed by atoms with van der Waals surface area (Å²) >= 11 is 5.58. The minimum Gasteiger partial charge on any atom is -0.444 e. The number of alkyl halides is 1. The van der Waals surface area contributed by atoms with Gasteiger partial charge in [-0.3, -0.25) is 4.79 Å². The molecule has 0 aliphatic heterocycles. The van der Waals surface area contributed by atoms with Crippen molar-refractivity contribution in [2.24, 2.45) is 0 Å². The molecule has 0 atom stereocenters. The number of alkyl carbamates (subject to hydrolysis) is 1. The summed E-state index contributed by atoms with van der Waals surface area (Å²) in [6.45, 7) is 5.47. The Morgan fingerprint density at radius 2 is 1.79 bits per heavy atom. The van der Waals surface area contributed by atoms with Crippen molar-refractivity contribution in [3.63, 3.8) is 0 Å². The SMILES string of the molecule is CC(C)(C)OC(=O)NC1(CC(=O)CCl)CCCCC1. The summed E-state index contributed by atoms with van der Waals surface area (Å²) in [4.78, 5) is 23.6. The van der Waals surface area contributed by atoms with E-state index in [1.165, 1.54) is 0 Å². The van der Waals surface area contributed by atoms with Crippen molar-refractivity contribution in [2.75, 3.05) is 5.88 Å². The maximum Gasteiger partial charge on any atom is 0.408 e. The monoisotopic (exact) mass is 289 g/mol. The van der Waals surface area contributed by atoms with Gasteiger partial charge in [-0.1, -0.05) is 19.3 Å². The van der Waals surface area contributed by atoms with Gasteiger partial charge in [0.15, 0.2) is 0 Å². The van der Waals surface area contributed by atoms with Gasteiger partial charge < -0.3 is 10.1 Å². The van der Waals surface area contributed by atoms with Crippen LogP contribution in [0.3, 0.4) is 0 Å². The molecule has 0 aromatic carbocycles. The number of halogens is 1. The van der Waals surface area contributed by atoms with Crippen LogP contribution in [0.5, 0.6) is 0 Å². The Labute approximate surface area is 120 Å². The number of carbonyl (C=O) groups excluding carboxylic acids is 2. The Hall–Kier alpha value is -0.770. The molecule has 0 radical (unpaired) electrons. The van der Waals surface area contributed by atoms with Gasteiger partial charge in [0.05, 0.1) is 11.4 Å². The van der Waals surface area contributed by atoms with E-state index >= 15 is 0 Å². The number of rotatable bonds is 4. The molecule has 1 fully saturated rings. The van der Waals surface area contributed by atoms with Crippen LogP contribution in [0.4, 0.5) is 4.79 Å². The maximum absolute atomic E-state index is 11.9. The zero-order chi connectivity index (χ0) is 14.5. The smallest absolute Gasteiger partial charge is 0.408 e. The number of hydrogen-bond donors (Lipinski definition) is 1. The first-order valence-corrected chi connectivity index (χ1v) is 7.39. The number of Topliss-reactive ketones (excluding diaryl/α,β-unsaturated/α-hetero) is 1. The summed E-state index contributed by atoms with van der Waals surface area (Å²) in [5, 5.41) is 2.91. The van der Waals surface area contributed by atoms with Gasteiger partial charge in [0, 0.05) is 6.42 Å². The summed E-state index contributed by atoms with van der Waals surface area (Å²) in [7, 11) is 0. The van der Waals surface area contributed by atoms with E-state index in [1.54, 1.807) is 0 Å². The predicted octanol–water partition coefficient (Wildman–Crippen LogP) is 3.41. The highest BCUT2D eigenvalue weighted by molar-refractivity contribution is 6.27. The molecule has 0 unspecified atom stereocenters. The molecule has 1 rings (SSSR count). The third kappa shape index (κ3) is 5.81. The van der Waals surface area contributed by atoms with Crippen molar-refractivity contribution in [3.05, 3.63) is 0 Å². The highest BCUT2D eigenvalue weighted by Gasteiger charge is 2.36. The van der Waals surface area contributed by atoms with Crippen molar-refractivity contribution in [1.82, 2.24) is 5.32 Å². The summed E-state index contributed by atoms with van der Waals surface area (Å²) in [5.41, 5.74) is -0.997. The third-order valence-corrected chi connectivity index (χ3v) is 3.56. The third-order valence-electron chi connectivity index (χ3n) is 3.26. The maximum atomic E-state index is 11.9. The van der Waals surface area contributed by atoms with Crippen molar-refractivity contribution < 1.29 is 14.3 Å². The van der Waals surface area contributed by atoms with E-state index < -0.39 is 17.2 Å². The fraction of sp³-hybridized carbons (Fsp3) is 0.857. The molecule has 5 heteroatoms. The van der Waals surface area contributed by atoms with E-state index in [0.717, 1.165) is 32.1 Å². The van der Waals surface area contributed by atoms with Gasteiger partial charge in [-0.05, 0) is 33.6 Å². The number of carbonyl (C=O) groups is 2. The Kier molecular flexibility index (Phi) is 5.65. The number of nitrogens with one attached hydrogen (secondary N) is 1. The zero-order valence-corrected chi connectivity index (χ0v) is 12.8. The molecule has 1 N–H and O–H groups in total. The Morgan fingerprint density at radius 3 is 2.26 bits per heavy atom. The fourth-order valence-corrected chi connectivity index (χ4v) is 2.61. The highest BCUT2D eigenvalue weighted by atomic mass is 35.5. The molecule has 19 heavy (non-hydrogen) atoms. The number of hydrogen-bond acceptors (Lipinski definition) is 3. The van der Waals surface area contributed by atoms with Crippen LogP contribution in [0.2, 0.25) is 0 Å². The summed E-state index contributed by atoms with van der Waals surface area (Å²) in [6.07, 6.45) is 4.67. The molecule has 4 nitrogen and oxygen atoms in total. The molecule has 110 valence electrons. The average Bonchev–Trinajstić information content (AvgIpc) is 2.26. The topological polar surface area (TPSA) is 55.4 Å². The van der Waals surface area contributed by atoms with Crippen molar-refractivity contribution >= 4 is 23.5 Å². The summed E-state index contributed by atoms with van der Waals surface area (Å²) < 4.78 is 5.29. The van der Waals surface area contributed by atoms with E-state index in [9.17, 15) is 9.59 Å². The lowest BCUT2D eigenvalue weighted by atomic mass is 9.78. The molecule has 1 amide bonds. The zero-order valence-electron chi connectivity index (χ0n) is 12.1. The van der Waals surface area contributed by atoms with Crippen LogP contribution in [0.1, 0.15) is 59.3 Å². The number of ketones is 1. The fourth-order valence-electron chi connectivity index (χ4n) is 2.52. The van der Waals surface area contributed by atoms with Crippen LogP contribution in [-0.4, -0.2) is 28.9 Å². The van der Waals surface area contributed by atoms with Crippen LogP contribution in [0, 0.1) is 0 Å². The van der Waals surface area contributed by atoms with Crippen LogP contribution < -0.4 is 5.32 Å². The first kappa shape index (κ1) is 16.3. The Morgan fingerprint density at radius 1 is 1.21 bits per heavy atom. The van der Waals surface area contributed by atoms with E-state index in [0.29, 0.717) is 6.42 Å². The first-order valence-electron chi connectivity index (χ1n) is 6.85. The first-order chi connectivity index (χ1) is 8.76. The molecule has 0 saturated heterocycles. The Bertz CT molecular complexity index is 330. The van der Waals surface area contributed by atoms with E-state index in [4.69, 9.17) is 16.3 Å². The van der Waals surface area contributed by atoms with Gasteiger partial charge in [0.1, 0.15) is 11.4 Å². The summed E-state index contributed by atoms with van der Waals surface area (Å²) in [6, 6.07) is 0. The van der Waals surface area contributed by atoms with Crippen LogP contribution >= 0.6 is 11.6 Å². The molecule has 0 bridgehead atoms. The summed E-state index contributed by atoms with van der Waals surface area (Å²) in [5.74, 6) is -0.0304. The largest absolute Gasteiger partial charge is 0.444 e. The van der Waals surface area contributed by atoms with Gasteiger partial charge in [0.25, 0.3) is 0 Å². The standard InChI is InChI=1S/C14H24ClNO3/c1-13(2,3)19-12(18)16-14(9-11(17)10-15)7-5-4-6-8-14/h4-10H2,1-3H3,(H,16,18). The Balaban J connectivity index is 2.68. The molecule has 0 spiro atoms. The van der Waals surface area contributed by atoms with Crippen LogP contribution in [0.25, 0.3) is 0 Å². The molecular formula is C14H24ClNO3. The van der Waals surface area contributed by atoms with Crippen molar-refractivity contribution in [2.45, 2.75) is 70.4 Å². The van der Waals surface area contributed by atoms with Gasteiger partial charge in [-0.15, -0.1) is 11.6 Å². The molecule has 0 aromatic rings. The number of ether oxygens (including phenoxy) is 1. The van der Waals surface area contributed by atoms with Gasteiger partial charge >= 0.3 is 6.09 Å². The second-order valence-corrected chi connectivity index (χ2v) is 6.58. The lowest BCUT2D eigenvalue weighted by Crippen LogP contribution is -2.52. The average molecular weight is 290 g/mol. The van der Waals surface area contributed by atoms with Gasteiger partial charge in [-0.25, -0.2) is 4.79 Å². The molecular weight excluding hydrogens is 266 g/mol. The molecule has 0 aromatic heterocycles. The minimum atomic E-state index is -0.531. The van der Waals surface area contributed by atoms with E-state index in [1.807, 2.05) is 20.8 Å². The predicted molar refractivity (Wildman–Crippen MR) is 75.5 cm³/mol. The normalized spacial score (nSPS) is 18.7. The van der Waals surface area contributed by atoms with Gasteiger partial charge in [-0.2, -0.15) is 0 Å². The van der Waals surface area contributed by atoms with Crippen LogP contribution in [-0.2, 0) is 9.53 Å². The quantitative estimate of drug-likeness (QED) is 0.807. The van der Waals surface area contributed by atoms with Crippen molar-refractivity contribution in [3.8, 4) is 0 Å². The second-order valence-electron chi connectivity index (χ2n) is 6.32. The lowest BCUT2D eigenvalue weighted by Gasteiger charge is -2.38. The highest BCUT2D eigenvalue weighted by Crippen LogP contribution is 2.31. The van der Waals surface area contributed by atoms with E-state index in [2.05, 4.69) is 5.32 Å². The van der Waals surface area contributed by atoms with Crippen molar-refractivity contribution in [1.29, 1.82) is 0 Å². The lowest BCUT2D eigenvalue weighted by molar-refractivity contribution is -0.118. The van der Waals surface area contributed by atoms with Gasteiger partial charge in [0.2, 0.25) is 0 Å².